The van der Waals surface area contributed by atoms with Crippen molar-refractivity contribution in [3.05, 3.63) is 0 Å². The van der Waals surface area contributed by atoms with Gasteiger partial charge in [0.15, 0.2) is 0 Å². The quantitative estimate of drug-likeness (QED) is 0.724. The zero-order valence-corrected chi connectivity index (χ0v) is 10.4. The van der Waals surface area contributed by atoms with Gasteiger partial charge in [-0.05, 0) is 12.2 Å². The average Bonchev–Trinajstić information content (AvgIpc) is 2.14. The highest BCUT2D eigenvalue weighted by Crippen LogP contribution is 2.12. The van der Waals surface area contributed by atoms with Gasteiger partial charge in [0, 0.05) is 25.9 Å². The highest BCUT2D eigenvalue weighted by Gasteiger charge is 2.23. The van der Waals surface area contributed by atoms with Crippen molar-refractivity contribution in [2.45, 2.75) is 13.8 Å². The molecule has 1 amide bonds. The number of carbonyl (C=O) groups excluding carboxylic acids is 1. The third kappa shape index (κ3) is 4.33. The summed E-state index contributed by atoms with van der Waals surface area (Å²) in [6, 6.07) is 0. The molecular weight excluding hydrogens is 196 g/mol. The van der Waals surface area contributed by atoms with Crippen molar-refractivity contribution in [1.82, 2.24) is 4.90 Å². The van der Waals surface area contributed by atoms with Crippen LogP contribution >= 0.6 is 11.8 Å². The minimum atomic E-state index is -0.0261. The standard InChI is InChI=1S/C10H22N2OS/c1-8(2)9(7-11)10(13)12(3)5-6-14-4/h8-9H,5-7,11H2,1-4H3. The smallest absolute Gasteiger partial charge is 0.226 e. The van der Waals surface area contributed by atoms with Crippen LogP contribution in [0.25, 0.3) is 0 Å². The predicted octanol–water partition coefficient (Wildman–Crippen LogP) is 1.04. The summed E-state index contributed by atoms with van der Waals surface area (Å²) < 4.78 is 0. The molecular formula is C10H22N2OS. The third-order valence-corrected chi connectivity index (χ3v) is 2.97. The molecule has 0 radical (unpaired) electrons. The van der Waals surface area contributed by atoms with Gasteiger partial charge in [0.2, 0.25) is 5.91 Å². The fraction of sp³-hybridized carbons (Fsp3) is 0.900. The van der Waals surface area contributed by atoms with Crippen molar-refractivity contribution in [2.24, 2.45) is 17.6 Å². The van der Waals surface area contributed by atoms with Crippen LogP contribution in [0.1, 0.15) is 13.8 Å². The van der Waals surface area contributed by atoms with Gasteiger partial charge in [-0.25, -0.2) is 0 Å². The highest BCUT2D eigenvalue weighted by atomic mass is 32.2. The van der Waals surface area contributed by atoms with E-state index in [2.05, 4.69) is 0 Å². The number of hydrogen-bond acceptors (Lipinski definition) is 3. The lowest BCUT2D eigenvalue weighted by atomic mass is 9.95. The van der Waals surface area contributed by atoms with Gasteiger partial charge >= 0.3 is 0 Å². The second kappa shape index (κ2) is 7.12. The van der Waals surface area contributed by atoms with Crippen molar-refractivity contribution in [3.63, 3.8) is 0 Å². The zero-order valence-electron chi connectivity index (χ0n) is 9.62. The van der Waals surface area contributed by atoms with E-state index >= 15 is 0 Å². The Bertz CT molecular complexity index is 174. The fourth-order valence-electron chi connectivity index (χ4n) is 1.28. The largest absolute Gasteiger partial charge is 0.345 e. The van der Waals surface area contributed by atoms with E-state index in [-0.39, 0.29) is 11.8 Å². The Balaban J connectivity index is 4.13. The molecule has 0 rings (SSSR count). The first-order valence-corrected chi connectivity index (χ1v) is 6.38. The van der Waals surface area contributed by atoms with E-state index < -0.39 is 0 Å². The lowest BCUT2D eigenvalue weighted by Crippen LogP contribution is -2.40. The van der Waals surface area contributed by atoms with E-state index in [9.17, 15) is 4.79 Å². The molecule has 0 aromatic heterocycles. The molecule has 0 spiro atoms. The van der Waals surface area contributed by atoms with Gasteiger partial charge in [0.05, 0.1) is 5.92 Å². The second-order valence-corrected chi connectivity index (χ2v) is 4.82. The Morgan fingerprint density at radius 2 is 2.07 bits per heavy atom. The van der Waals surface area contributed by atoms with Crippen molar-refractivity contribution >= 4 is 17.7 Å². The average molecular weight is 218 g/mol. The normalized spacial score (nSPS) is 13.0. The van der Waals surface area contributed by atoms with Gasteiger partial charge in [-0.15, -0.1) is 0 Å². The SMILES string of the molecule is CSCCN(C)C(=O)C(CN)C(C)C. The third-order valence-electron chi connectivity index (χ3n) is 2.38. The molecule has 0 saturated heterocycles. The molecule has 1 atom stereocenters. The molecule has 1 unspecified atom stereocenters. The van der Waals surface area contributed by atoms with E-state index in [0.29, 0.717) is 12.5 Å². The minimum absolute atomic E-state index is 0.0261. The van der Waals surface area contributed by atoms with E-state index in [1.165, 1.54) is 0 Å². The summed E-state index contributed by atoms with van der Waals surface area (Å²) >= 11 is 1.75. The minimum Gasteiger partial charge on any atom is -0.345 e. The van der Waals surface area contributed by atoms with E-state index in [1.54, 1.807) is 16.7 Å². The zero-order chi connectivity index (χ0) is 11.1. The molecule has 14 heavy (non-hydrogen) atoms. The highest BCUT2D eigenvalue weighted by molar-refractivity contribution is 7.98. The van der Waals surface area contributed by atoms with Crippen LogP contribution in [-0.4, -0.2) is 43.0 Å². The molecule has 0 aliphatic carbocycles. The monoisotopic (exact) mass is 218 g/mol. The van der Waals surface area contributed by atoms with Crippen LogP contribution in [0.2, 0.25) is 0 Å². The Labute approximate surface area is 91.4 Å². The van der Waals surface area contributed by atoms with Gasteiger partial charge < -0.3 is 10.6 Å². The Morgan fingerprint density at radius 1 is 1.50 bits per heavy atom. The summed E-state index contributed by atoms with van der Waals surface area (Å²) in [6.07, 6.45) is 2.04. The summed E-state index contributed by atoms with van der Waals surface area (Å²) in [7, 11) is 1.85. The lowest BCUT2D eigenvalue weighted by Gasteiger charge is -2.24. The van der Waals surface area contributed by atoms with Crippen LogP contribution in [-0.2, 0) is 4.79 Å². The molecule has 3 nitrogen and oxygen atoms in total. The topological polar surface area (TPSA) is 46.3 Å². The lowest BCUT2D eigenvalue weighted by molar-refractivity contribution is -0.134. The summed E-state index contributed by atoms with van der Waals surface area (Å²) in [5.41, 5.74) is 5.59. The van der Waals surface area contributed by atoms with Crippen LogP contribution in [0.15, 0.2) is 0 Å². The van der Waals surface area contributed by atoms with Gasteiger partial charge in [-0.1, -0.05) is 13.8 Å². The van der Waals surface area contributed by atoms with Crippen molar-refractivity contribution in [1.29, 1.82) is 0 Å². The summed E-state index contributed by atoms with van der Waals surface area (Å²) in [6.45, 7) is 5.33. The van der Waals surface area contributed by atoms with Crippen molar-refractivity contribution < 1.29 is 4.79 Å². The van der Waals surface area contributed by atoms with Crippen molar-refractivity contribution in [2.75, 3.05) is 32.1 Å². The molecule has 0 aliphatic rings. The van der Waals surface area contributed by atoms with Gasteiger partial charge in [0.25, 0.3) is 0 Å². The van der Waals surface area contributed by atoms with Crippen molar-refractivity contribution in [3.8, 4) is 0 Å². The molecule has 0 aliphatic heterocycles. The first-order valence-electron chi connectivity index (χ1n) is 4.98. The van der Waals surface area contributed by atoms with E-state index in [1.807, 2.05) is 27.2 Å². The molecule has 0 aromatic carbocycles. The first kappa shape index (κ1) is 13.8. The van der Waals surface area contributed by atoms with Crippen LogP contribution in [0.3, 0.4) is 0 Å². The number of carbonyl (C=O) groups is 1. The van der Waals surface area contributed by atoms with Crippen LogP contribution < -0.4 is 5.73 Å². The maximum Gasteiger partial charge on any atom is 0.226 e. The summed E-state index contributed by atoms with van der Waals surface area (Å²) in [5, 5.41) is 0. The maximum atomic E-state index is 11.9. The van der Waals surface area contributed by atoms with E-state index in [0.717, 1.165) is 12.3 Å². The molecule has 0 saturated carbocycles. The molecule has 0 bridgehead atoms. The number of hydrogen-bond donors (Lipinski definition) is 1. The maximum absolute atomic E-state index is 11.9. The van der Waals surface area contributed by atoms with Gasteiger partial charge in [-0.2, -0.15) is 11.8 Å². The molecule has 0 fully saturated rings. The van der Waals surface area contributed by atoms with Crippen LogP contribution in [0.4, 0.5) is 0 Å². The van der Waals surface area contributed by atoms with Crippen LogP contribution in [0, 0.1) is 11.8 Å². The molecule has 84 valence electrons. The van der Waals surface area contributed by atoms with Gasteiger partial charge in [0.1, 0.15) is 0 Å². The van der Waals surface area contributed by atoms with Crippen LogP contribution in [0.5, 0.6) is 0 Å². The summed E-state index contributed by atoms with van der Waals surface area (Å²) in [4.78, 5) is 13.6. The fourth-order valence-corrected chi connectivity index (χ4v) is 1.74. The Kier molecular flexibility index (Phi) is 7.01. The first-order chi connectivity index (χ1) is 6.54. The number of nitrogens with zero attached hydrogens (tertiary/aromatic N) is 1. The Morgan fingerprint density at radius 3 is 2.43 bits per heavy atom. The van der Waals surface area contributed by atoms with E-state index in [4.69, 9.17) is 5.73 Å². The molecule has 0 heterocycles. The number of thioether (sulfide) groups is 1. The van der Waals surface area contributed by atoms with Gasteiger partial charge in [-0.3, -0.25) is 4.79 Å². The predicted molar refractivity (Wildman–Crippen MR) is 63.4 cm³/mol. The number of amides is 1. The second-order valence-electron chi connectivity index (χ2n) is 3.84. The Hall–Kier alpha value is -0.220. The molecule has 2 N–H and O–H groups in total. The molecule has 0 aromatic rings. The number of rotatable bonds is 6. The number of nitrogens with two attached hydrogens (primary N) is 1. The molecule has 4 heteroatoms. The summed E-state index contributed by atoms with van der Waals surface area (Å²) in [5.74, 6) is 1.46.